The summed E-state index contributed by atoms with van der Waals surface area (Å²) in [5, 5.41) is 13.4. The van der Waals surface area contributed by atoms with Gasteiger partial charge in [0.2, 0.25) is 0 Å². The van der Waals surface area contributed by atoms with Crippen LogP contribution in [0.2, 0.25) is 0 Å². The van der Waals surface area contributed by atoms with E-state index in [-0.39, 0.29) is 0 Å². The van der Waals surface area contributed by atoms with Gasteiger partial charge in [-0.2, -0.15) is 0 Å². The lowest BCUT2D eigenvalue weighted by Gasteiger charge is -2.13. The number of benzene rings is 1. The smallest absolute Gasteiger partial charge is 0.0955 e. The molecule has 0 amide bonds. The van der Waals surface area contributed by atoms with Crippen LogP contribution in [0.4, 0.5) is 0 Å². The number of fused-ring (bicyclic) bond motifs is 1. The highest BCUT2D eigenvalue weighted by atomic mass is 16.3. The van der Waals surface area contributed by atoms with Gasteiger partial charge in [0.25, 0.3) is 0 Å². The number of aliphatic hydroxyl groups excluding tert-OH is 1. The van der Waals surface area contributed by atoms with Gasteiger partial charge in [-0.25, -0.2) is 4.98 Å². The number of aromatic nitrogens is 2. The molecular weight excluding hydrogens is 238 g/mol. The van der Waals surface area contributed by atoms with Crippen LogP contribution in [-0.2, 0) is 7.05 Å². The van der Waals surface area contributed by atoms with Crippen molar-refractivity contribution in [1.82, 2.24) is 14.9 Å². The molecule has 1 aromatic carbocycles. The van der Waals surface area contributed by atoms with Gasteiger partial charge in [-0.05, 0) is 36.6 Å². The summed E-state index contributed by atoms with van der Waals surface area (Å²) in [4.78, 5) is 4.31. The molecule has 0 radical (unpaired) electrons. The number of nitrogens with zero attached hydrogens (tertiary/aromatic N) is 2. The third-order valence-corrected chi connectivity index (χ3v) is 3.37. The second-order valence-electron chi connectivity index (χ2n) is 5.51. The van der Waals surface area contributed by atoms with Crippen LogP contribution in [0.3, 0.4) is 0 Å². The third-order valence-electron chi connectivity index (χ3n) is 3.37. The van der Waals surface area contributed by atoms with Crippen molar-refractivity contribution in [3.05, 3.63) is 30.1 Å². The summed E-state index contributed by atoms with van der Waals surface area (Å²) in [7, 11) is 1.97. The highest BCUT2D eigenvalue weighted by Gasteiger charge is 2.09. The zero-order chi connectivity index (χ0) is 13.8. The summed E-state index contributed by atoms with van der Waals surface area (Å²) in [5.41, 5.74) is 2.94. The number of nitrogens with one attached hydrogen (secondary N) is 1. The van der Waals surface area contributed by atoms with Gasteiger partial charge < -0.3 is 15.0 Å². The second-order valence-corrected chi connectivity index (χ2v) is 5.51. The number of hydrogen-bond acceptors (Lipinski definition) is 3. The van der Waals surface area contributed by atoms with Crippen molar-refractivity contribution in [2.75, 3.05) is 13.1 Å². The Morgan fingerprint density at radius 1 is 1.37 bits per heavy atom. The minimum atomic E-state index is -0.474. The van der Waals surface area contributed by atoms with Crippen LogP contribution in [0.1, 0.15) is 31.9 Å². The van der Waals surface area contributed by atoms with Crippen LogP contribution in [0, 0.1) is 5.92 Å². The number of imidazole rings is 1. The number of aliphatic hydroxyl groups is 1. The molecule has 0 fully saturated rings. The van der Waals surface area contributed by atoms with E-state index in [1.165, 1.54) is 0 Å². The fraction of sp³-hybridized carbons (Fsp3) is 0.533. The molecule has 2 N–H and O–H groups in total. The van der Waals surface area contributed by atoms with Crippen LogP contribution >= 0.6 is 0 Å². The molecule has 4 nitrogen and oxygen atoms in total. The minimum absolute atomic E-state index is 0.474. The standard InChI is InChI=1S/C15H23N3O/c1-11(2)6-7-16-9-15(19)12-4-5-14-13(8-12)17-10-18(14)3/h4-5,8,10-11,15-16,19H,6-7,9H2,1-3H3. The molecule has 1 heterocycles. The monoisotopic (exact) mass is 261 g/mol. The van der Waals surface area contributed by atoms with Crippen LogP contribution < -0.4 is 5.32 Å². The molecule has 0 saturated carbocycles. The van der Waals surface area contributed by atoms with Gasteiger partial charge in [0.15, 0.2) is 0 Å². The van der Waals surface area contributed by atoms with E-state index in [1.54, 1.807) is 6.33 Å². The van der Waals surface area contributed by atoms with Crippen molar-refractivity contribution in [1.29, 1.82) is 0 Å². The molecule has 0 spiro atoms. The Morgan fingerprint density at radius 3 is 2.89 bits per heavy atom. The van der Waals surface area contributed by atoms with E-state index >= 15 is 0 Å². The highest BCUT2D eigenvalue weighted by Crippen LogP contribution is 2.18. The van der Waals surface area contributed by atoms with E-state index in [0.29, 0.717) is 12.5 Å². The van der Waals surface area contributed by atoms with Gasteiger partial charge >= 0.3 is 0 Å². The summed E-state index contributed by atoms with van der Waals surface area (Å²) in [5.74, 6) is 0.689. The first-order valence-electron chi connectivity index (χ1n) is 6.87. The van der Waals surface area contributed by atoms with Crippen LogP contribution in [0.15, 0.2) is 24.5 Å². The molecule has 104 valence electrons. The second kappa shape index (κ2) is 6.17. The van der Waals surface area contributed by atoms with Crippen molar-refractivity contribution in [3.8, 4) is 0 Å². The first kappa shape index (κ1) is 14.0. The molecule has 0 aliphatic carbocycles. The molecule has 0 aliphatic rings. The average Bonchev–Trinajstić information content (AvgIpc) is 2.75. The molecule has 4 heteroatoms. The Hall–Kier alpha value is -1.39. The fourth-order valence-electron chi connectivity index (χ4n) is 2.11. The zero-order valence-corrected chi connectivity index (χ0v) is 11.9. The summed E-state index contributed by atoms with van der Waals surface area (Å²) >= 11 is 0. The van der Waals surface area contributed by atoms with E-state index in [1.807, 2.05) is 29.8 Å². The van der Waals surface area contributed by atoms with Crippen molar-refractivity contribution < 1.29 is 5.11 Å². The van der Waals surface area contributed by atoms with E-state index in [4.69, 9.17) is 0 Å². The number of rotatable bonds is 6. The molecule has 1 atom stereocenters. The zero-order valence-electron chi connectivity index (χ0n) is 11.9. The van der Waals surface area contributed by atoms with Crippen LogP contribution in [-0.4, -0.2) is 27.7 Å². The quantitative estimate of drug-likeness (QED) is 0.784. The van der Waals surface area contributed by atoms with E-state index in [0.717, 1.165) is 29.6 Å². The molecule has 1 aromatic heterocycles. The molecule has 0 bridgehead atoms. The van der Waals surface area contributed by atoms with Gasteiger partial charge in [-0.15, -0.1) is 0 Å². The summed E-state index contributed by atoms with van der Waals surface area (Å²) in [6.45, 7) is 5.94. The Balaban J connectivity index is 1.95. The topological polar surface area (TPSA) is 50.1 Å². The summed E-state index contributed by atoms with van der Waals surface area (Å²) in [6.07, 6.45) is 2.45. The van der Waals surface area contributed by atoms with Crippen LogP contribution in [0.25, 0.3) is 11.0 Å². The molecule has 0 aliphatic heterocycles. The van der Waals surface area contributed by atoms with E-state index in [2.05, 4.69) is 24.1 Å². The predicted octanol–water partition coefficient (Wildman–Crippen LogP) is 2.24. The van der Waals surface area contributed by atoms with Crippen molar-refractivity contribution in [2.45, 2.75) is 26.4 Å². The molecule has 19 heavy (non-hydrogen) atoms. The van der Waals surface area contributed by atoms with Crippen molar-refractivity contribution >= 4 is 11.0 Å². The fourth-order valence-corrected chi connectivity index (χ4v) is 2.11. The molecular formula is C15H23N3O. The summed E-state index contributed by atoms with van der Waals surface area (Å²) < 4.78 is 1.98. The first-order valence-corrected chi connectivity index (χ1v) is 6.87. The first-order chi connectivity index (χ1) is 9.08. The van der Waals surface area contributed by atoms with Crippen LogP contribution in [0.5, 0.6) is 0 Å². The van der Waals surface area contributed by atoms with Crippen molar-refractivity contribution in [3.63, 3.8) is 0 Å². The number of hydrogen-bond donors (Lipinski definition) is 2. The molecule has 1 unspecified atom stereocenters. The minimum Gasteiger partial charge on any atom is -0.387 e. The third kappa shape index (κ3) is 3.55. The van der Waals surface area contributed by atoms with E-state index in [9.17, 15) is 5.11 Å². The largest absolute Gasteiger partial charge is 0.387 e. The van der Waals surface area contributed by atoms with Crippen molar-refractivity contribution in [2.24, 2.45) is 13.0 Å². The summed E-state index contributed by atoms with van der Waals surface area (Å²) in [6, 6.07) is 5.94. The highest BCUT2D eigenvalue weighted by molar-refractivity contribution is 5.76. The lowest BCUT2D eigenvalue weighted by Crippen LogP contribution is -2.23. The Kier molecular flexibility index (Phi) is 4.56. The molecule has 2 aromatic rings. The number of aryl methyl sites for hydroxylation is 1. The Labute approximate surface area is 114 Å². The molecule has 0 saturated heterocycles. The van der Waals surface area contributed by atoms with E-state index < -0.39 is 6.10 Å². The lowest BCUT2D eigenvalue weighted by molar-refractivity contribution is 0.174. The molecule has 2 rings (SSSR count). The van der Waals surface area contributed by atoms with Gasteiger partial charge in [0.1, 0.15) is 0 Å². The van der Waals surface area contributed by atoms with Gasteiger partial charge in [0.05, 0.1) is 23.5 Å². The SMILES string of the molecule is CC(C)CCNCC(O)c1ccc2c(c1)ncn2C. The van der Waals surface area contributed by atoms with Gasteiger partial charge in [0, 0.05) is 13.6 Å². The Bertz CT molecular complexity index is 533. The normalized spacial score (nSPS) is 13.3. The maximum absolute atomic E-state index is 10.2. The van der Waals surface area contributed by atoms with Gasteiger partial charge in [-0.1, -0.05) is 19.9 Å². The van der Waals surface area contributed by atoms with Gasteiger partial charge in [-0.3, -0.25) is 0 Å². The predicted molar refractivity (Wildman–Crippen MR) is 78.0 cm³/mol. The maximum atomic E-state index is 10.2. The average molecular weight is 261 g/mol. The Morgan fingerprint density at radius 2 is 2.16 bits per heavy atom. The lowest BCUT2D eigenvalue weighted by atomic mass is 10.1. The maximum Gasteiger partial charge on any atom is 0.0955 e.